The van der Waals surface area contributed by atoms with Crippen LogP contribution in [0.2, 0.25) is 0 Å². The van der Waals surface area contributed by atoms with Crippen LogP contribution in [0.3, 0.4) is 0 Å². The lowest BCUT2D eigenvalue weighted by Gasteiger charge is -2.40. The first kappa shape index (κ1) is 18.3. The van der Waals surface area contributed by atoms with Gasteiger partial charge in [0.1, 0.15) is 0 Å². The van der Waals surface area contributed by atoms with Crippen molar-refractivity contribution < 1.29 is 19.6 Å². The van der Waals surface area contributed by atoms with E-state index in [1.54, 1.807) is 12.1 Å². The van der Waals surface area contributed by atoms with E-state index in [0.29, 0.717) is 24.9 Å². The molecule has 0 radical (unpaired) electrons. The zero-order valence-corrected chi connectivity index (χ0v) is 15.0. The van der Waals surface area contributed by atoms with Crippen molar-refractivity contribution in [3.63, 3.8) is 0 Å². The van der Waals surface area contributed by atoms with Gasteiger partial charge in [0.15, 0.2) is 5.75 Å². The van der Waals surface area contributed by atoms with Crippen molar-refractivity contribution >= 4 is 17.5 Å². The molecule has 0 aliphatic carbocycles. The van der Waals surface area contributed by atoms with Gasteiger partial charge in [-0.25, -0.2) is 4.79 Å². The van der Waals surface area contributed by atoms with Crippen LogP contribution in [0.25, 0.3) is 0 Å². The summed E-state index contributed by atoms with van der Waals surface area (Å²) in [4.78, 5) is 25.4. The molecular formula is C18H25N3O5. The molecule has 26 heavy (non-hydrogen) atoms. The molecular weight excluding hydrogens is 338 g/mol. The van der Waals surface area contributed by atoms with Gasteiger partial charge in [-0.05, 0) is 43.6 Å². The largest absolute Gasteiger partial charge is 0.490 e. The highest BCUT2D eigenvalue weighted by molar-refractivity contribution is 5.65. The van der Waals surface area contributed by atoms with Gasteiger partial charge in [0, 0.05) is 44.0 Å². The van der Waals surface area contributed by atoms with Gasteiger partial charge in [-0.3, -0.25) is 10.1 Å². The fraction of sp³-hybridized carbons (Fsp3) is 0.611. The Morgan fingerprint density at radius 1 is 1.15 bits per heavy atom. The van der Waals surface area contributed by atoms with E-state index < -0.39 is 11.0 Å². The first-order valence-corrected chi connectivity index (χ1v) is 9.05. The Labute approximate surface area is 152 Å². The van der Waals surface area contributed by atoms with Crippen molar-refractivity contribution in [2.24, 2.45) is 11.8 Å². The number of hydrogen-bond acceptors (Lipinski definition) is 5. The number of ether oxygens (including phenoxy) is 1. The number of nitro groups is 1. The molecule has 0 unspecified atom stereocenters. The van der Waals surface area contributed by atoms with Crippen LogP contribution in [0, 0.1) is 22.0 Å². The molecule has 1 aromatic carbocycles. The standard InChI is InChI=1S/C18H25N3O5/c1-26-17-12-15(2-3-16(17)21(24)25)19-8-4-13(5-9-19)14-6-10-20(11-7-14)18(22)23/h2-3,12-14H,4-11H2,1H3,(H,22,23). The first-order chi connectivity index (χ1) is 12.5. The number of rotatable bonds is 4. The normalized spacial score (nSPS) is 19.4. The highest BCUT2D eigenvalue weighted by Crippen LogP contribution is 2.36. The number of anilines is 1. The van der Waals surface area contributed by atoms with E-state index in [9.17, 15) is 14.9 Å². The van der Waals surface area contributed by atoms with Crippen molar-refractivity contribution in [3.05, 3.63) is 28.3 Å². The lowest BCUT2D eigenvalue weighted by Crippen LogP contribution is -2.42. The molecule has 8 nitrogen and oxygen atoms in total. The minimum absolute atomic E-state index is 0.0173. The number of piperidine rings is 2. The molecule has 0 spiro atoms. The minimum Gasteiger partial charge on any atom is -0.490 e. The van der Waals surface area contributed by atoms with Crippen molar-refractivity contribution in [2.75, 3.05) is 38.2 Å². The zero-order chi connectivity index (χ0) is 18.7. The van der Waals surface area contributed by atoms with E-state index in [-0.39, 0.29) is 11.4 Å². The number of carbonyl (C=O) groups is 1. The summed E-state index contributed by atoms with van der Waals surface area (Å²) in [6, 6.07) is 5.03. The third-order valence-electron chi connectivity index (χ3n) is 5.74. The van der Waals surface area contributed by atoms with Gasteiger partial charge in [-0.2, -0.15) is 0 Å². The van der Waals surface area contributed by atoms with Crippen LogP contribution in [0.5, 0.6) is 5.75 Å². The highest BCUT2D eigenvalue weighted by Gasteiger charge is 2.31. The van der Waals surface area contributed by atoms with E-state index in [1.807, 2.05) is 0 Å². The van der Waals surface area contributed by atoms with E-state index >= 15 is 0 Å². The molecule has 2 aliphatic rings. The molecule has 0 bridgehead atoms. The summed E-state index contributed by atoms with van der Waals surface area (Å²) < 4.78 is 5.16. The molecule has 1 aromatic rings. The van der Waals surface area contributed by atoms with Crippen LogP contribution in [0.15, 0.2) is 18.2 Å². The third-order valence-corrected chi connectivity index (χ3v) is 5.74. The molecule has 0 saturated carbocycles. The Bertz CT molecular complexity index is 665. The smallest absolute Gasteiger partial charge is 0.407 e. The Morgan fingerprint density at radius 3 is 2.23 bits per heavy atom. The van der Waals surface area contributed by atoms with Crippen molar-refractivity contribution in [1.29, 1.82) is 0 Å². The Hall–Kier alpha value is -2.51. The maximum absolute atomic E-state index is 11.0. The summed E-state index contributed by atoms with van der Waals surface area (Å²) in [5.74, 6) is 1.51. The molecule has 0 aromatic heterocycles. The zero-order valence-electron chi connectivity index (χ0n) is 15.0. The lowest BCUT2D eigenvalue weighted by molar-refractivity contribution is -0.385. The monoisotopic (exact) mass is 363 g/mol. The molecule has 2 saturated heterocycles. The number of benzene rings is 1. The summed E-state index contributed by atoms with van der Waals surface area (Å²) in [5, 5.41) is 20.1. The van der Waals surface area contributed by atoms with Crippen molar-refractivity contribution in [3.8, 4) is 5.75 Å². The van der Waals surface area contributed by atoms with Crippen LogP contribution in [0.4, 0.5) is 16.2 Å². The SMILES string of the molecule is COc1cc(N2CCC(C3CCN(C(=O)O)CC3)CC2)ccc1[N+](=O)[O-]. The Morgan fingerprint density at radius 2 is 1.73 bits per heavy atom. The maximum Gasteiger partial charge on any atom is 0.407 e. The number of carboxylic acid groups (broad SMARTS) is 1. The lowest BCUT2D eigenvalue weighted by atomic mass is 9.79. The number of amides is 1. The summed E-state index contributed by atoms with van der Waals surface area (Å²) in [6.45, 7) is 3.09. The van der Waals surface area contributed by atoms with E-state index in [2.05, 4.69) is 4.90 Å². The second-order valence-electron chi connectivity index (χ2n) is 7.04. The molecule has 3 rings (SSSR count). The predicted molar refractivity (Wildman–Crippen MR) is 96.9 cm³/mol. The summed E-state index contributed by atoms with van der Waals surface area (Å²) in [7, 11) is 1.45. The molecule has 2 fully saturated rings. The highest BCUT2D eigenvalue weighted by atomic mass is 16.6. The van der Waals surface area contributed by atoms with Crippen LogP contribution < -0.4 is 9.64 Å². The van der Waals surface area contributed by atoms with Gasteiger partial charge in [-0.1, -0.05) is 0 Å². The number of nitro benzene ring substituents is 1. The van der Waals surface area contributed by atoms with Gasteiger partial charge >= 0.3 is 11.8 Å². The van der Waals surface area contributed by atoms with Crippen LogP contribution in [-0.4, -0.2) is 54.3 Å². The fourth-order valence-corrected chi connectivity index (χ4v) is 4.21. The van der Waals surface area contributed by atoms with Crippen LogP contribution >= 0.6 is 0 Å². The van der Waals surface area contributed by atoms with Gasteiger partial charge in [0.2, 0.25) is 0 Å². The topological polar surface area (TPSA) is 96.2 Å². The molecule has 1 N–H and O–H groups in total. The Kier molecular flexibility index (Phi) is 5.49. The molecule has 142 valence electrons. The van der Waals surface area contributed by atoms with E-state index in [0.717, 1.165) is 44.5 Å². The fourth-order valence-electron chi connectivity index (χ4n) is 4.21. The quantitative estimate of drug-likeness (QED) is 0.652. The van der Waals surface area contributed by atoms with Crippen molar-refractivity contribution in [1.82, 2.24) is 4.90 Å². The van der Waals surface area contributed by atoms with E-state index in [4.69, 9.17) is 9.84 Å². The number of hydrogen-bond donors (Lipinski definition) is 1. The van der Waals surface area contributed by atoms with Gasteiger partial charge in [0.05, 0.1) is 12.0 Å². The minimum atomic E-state index is -0.814. The van der Waals surface area contributed by atoms with E-state index in [1.165, 1.54) is 18.1 Å². The van der Waals surface area contributed by atoms with Crippen LogP contribution in [0.1, 0.15) is 25.7 Å². The van der Waals surface area contributed by atoms with Crippen molar-refractivity contribution in [2.45, 2.75) is 25.7 Å². The second kappa shape index (κ2) is 7.80. The Balaban J connectivity index is 1.57. The average molecular weight is 363 g/mol. The summed E-state index contributed by atoms with van der Waals surface area (Å²) in [6.07, 6.45) is 3.21. The molecule has 0 atom stereocenters. The third kappa shape index (κ3) is 3.84. The van der Waals surface area contributed by atoms with Gasteiger partial charge < -0.3 is 19.6 Å². The number of likely N-dealkylation sites (tertiary alicyclic amines) is 1. The number of methoxy groups -OCH3 is 1. The van der Waals surface area contributed by atoms with Crippen LogP contribution in [-0.2, 0) is 0 Å². The molecule has 2 aliphatic heterocycles. The molecule has 1 amide bonds. The summed E-state index contributed by atoms with van der Waals surface area (Å²) in [5.41, 5.74) is 0.933. The second-order valence-corrected chi connectivity index (χ2v) is 7.04. The predicted octanol–water partition coefficient (Wildman–Crippen LogP) is 3.21. The molecule has 8 heteroatoms. The summed E-state index contributed by atoms with van der Waals surface area (Å²) >= 11 is 0. The first-order valence-electron chi connectivity index (χ1n) is 9.05. The average Bonchev–Trinajstić information content (AvgIpc) is 2.67. The number of nitrogens with zero attached hydrogens (tertiary/aromatic N) is 3. The van der Waals surface area contributed by atoms with Gasteiger partial charge in [0.25, 0.3) is 0 Å². The van der Waals surface area contributed by atoms with Gasteiger partial charge in [-0.15, -0.1) is 0 Å². The molecule has 2 heterocycles. The maximum atomic E-state index is 11.0.